The predicted molar refractivity (Wildman–Crippen MR) is 93.0 cm³/mol. The molecule has 6 nitrogen and oxygen atoms in total. The van der Waals surface area contributed by atoms with E-state index in [0.29, 0.717) is 15.9 Å². The van der Waals surface area contributed by atoms with Crippen LogP contribution in [0.25, 0.3) is 28.0 Å². The third-order valence-corrected chi connectivity index (χ3v) is 4.25. The predicted octanol–water partition coefficient (Wildman–Crippen LogP) is 4.13. The second-order valence-electron chi connectivity index (χ2n) is 5.12. The van der Waals surface area contributed by atoms with Gasteiger partial charge in [-0.05, 0) is 46.8 Å². The fraction of sp³-hybridized carbons (Fsp3) is 0.0625. The molecule has 2 aromatic heterocycles. The summed E-state index contributed by atoms with van der Waals surface area (Å²) in [6.45, 7) is 0. The highest BCUT2D eigenvalue weighted by Gasteiger charge is 2.17. The van der Waals surface area contributed by atoms with Gasteiger partial charge >= 0.3 is 0 Å². The van der Waals surface area contributed by atoms with Crippen LogP contribution in [0.15, 0.2) is 42.6 Å². The zero-order valence-electron chi connectivity index (χ0n) is 12.5. The van der Waals surface area contributed by atoms with Crippen molar-refractivity contribution in [2.24, 2.45) is 0 Å². The van der Waals surface area contributed by atoms with Crippen molar-refractivity contribution in [3.8, 4) is 22.8 Å². The molecule has 1 N–H and O–H groups in total. The molecule has 8 heteroatoms. The van der Waals surface area contributed by atoms with Gasteiger partial charge in [0.05, 0.1) is 23.3 Å². The van der Waals surface area contributed by atoms with Gasteiger partial charge in [0.25, 0.3) is 0 Å². The molecule has 0 unspecified atom stereocenters. The lowest BCUT2D eigenvalue weighted by atomic mass is 10.1. The maximum absolute atomic E-state index is 6.24. The molecule has 0 spiro atoms. The Morgan fingerprint density at radius 1 is 1.12 bits per heavy atom. The van der Waals surface area contributed by atoms with E-state index in [9.17, 15) is 0 Å². The summed E-state index contributed by atoms with van der Waals surface area (Å²) in [5.41, 5.74) is 2.42. The zero-order valence-corrected chi connectivity index (χ0v) is 14.0. The maximum atomic E-state index is 6.24. The molecule has 0 amide bonds. The molecule has 0 saturated carbocycles. The molecule has 24 heavy (non-hydrogen) atoms. The number of hydrogen-bond donors (Lipinski definition) is 1. The van der Waals surface area contributed by atoms with Crippen LogP contribution in [0.5, 0.6) is 5.75 Å². The van der Waals surface area contributed by atoms with Gasteiger partial charge < -0.3 is 9.72 Å². The third kappa shape index (κ3) is 2.40. The highest BCUT2D eigenvalue weighted by atomic mass is 35.5. The van der Waals surface area contributed by atoms with Crippen LogP contribution in [-0.4, -0.2) is 32.3 Å². The van der Waals surface area contributed by atoms with Crippen LogP contribution in [0.2, 0.25) is 10.0 Å². The number of rotatable bonds is 3. The number of fused-ring (bicyclic) bond motifs is 1. The van der Waals surface area contributed by atoms with Crippen LogP contribution >= 0.6 is 23.2 Å². The maximum Gasteiger partial charge on any atom is 0.189 e. The average Bonchev–Trinajstić information content (AvgIpc) is 3.21. The minimum absolute atomic E-state index is 0.548. The Morgan fingerprint density at radius 2 is 1.92 bits per heavy atom. The molecule has 0 bridgehead atoms. The zero-order chi connectivity index (χ0) is 16.7. The second-order valence-corrected chi connectivity index (χ2v) is 5.97. The van der Waals surface area contributed by atoms with Crippen molar-refractivity contribution in [1.29, 1.82) is 0 Å². The van der Waals surface area contributed by atoms with Gasteiger partial charge in [0.2, 0.25) is 0 Å². The molecule has 0 fully saturated rings. The van der Waals surface area contributed by atoms with Gasteiger partial charge in [0.1, 0.15) is 5.75 Å². The number of aromatic amines is 1. The highest BCUT2D eigenvalue weighted by molar-refractivity contribution is 6.38. The van der Waals surface area contributed by atoms with Crippen molar-refractivity contribution < 1.29 is 4.74 Å². The lowest BCUT2D eigenvalue weighted by Gasteiger charge is -2.05. The summed E-state index contributed by atoms with van der Waals surface area (Å²) in [6.07, 6.45) is 1.82. The topological polar surface area (TPSA) is 68.6 Å². The van der Waals surface area contributed by atoms with Crippen LogP contribution in [0.1, 0.15) is 0 Å². The van der Waals surface area contributed by atoms with Crippen molar-refractivity contribution >= 4 is 34.1 Å². The smallest absolute Gasteiger partial charge is 0.189 e. The Bertz CT molecular complexity index is 1020. The first-order valence-electron chi connectivity index (χ1n) is 7.06. The van der Waals surface area contributed by atoms with Crippen molar-refractivity contribution in [3.63, 3.8) is 0 Å². The Hall–Kier alpha value is -2.57. The minimum atomic E-state index is 0.548. The second kappa shape index (κ2) is 5.81. The van der Waals surface area contributed by atoms with Gasteiger partial charge in [-0.15, -0.1) is 5.10 Å². The number of H-pyrrole nitrogens is 1. The Kier molecular flexibility index (Phi) is 3.63. The number of nitrogens with one attached hydrogen (secondary N) is 1. The summed E-state index contributed by atoms with van der Waals surface area (Å²) in [5.74, 6) is 1.35. The molecule has 0 atom stereocenters. The lowest BCUT2D eigenvalue weighted by molar-refractivity contribution is 0.414. The van der Waals surface area contributed by atoms with E-state index in [0.717, 1.165) is 27.9 Å². The first kappa shape index (κ1) is 15.0. The first-order valence-corrected chi connectivity index (χ1v) is 7.82. The Labute approximate surface area is 147 Å². The molecule has 0 aliphatic heterocycles. The quantitative estimate of drug-likeness (QED) is 0.597. The van der Waals surface area contributed by atoms with E-state index < -0.39 is 0 Å². The number of methoxy groups -OCH3 is 1. The van der Waals surface area contributed by atoms with Crippen molar-refractivity contribution in [3.05, 3.63) is 52.6 Å². The van der Waals surface area contributed by atoms with E-state index in [1.165, 1.54) is 0 Å². The fourth-order valence-electron chi connectivity index (χ4n) is 2.59. The summed E-state index contributed by atoms with van der Waals surface area (Å²) in [7, 11) is 1.62. The SMILES string of the molecule is COc1ccc(-n2nnnc2-c2c[nH]c3c(Cl)cc(Cl)cc23)cc1. The molecule has 120 valence electrons. The molecule has 4 aromatic rings. The van der Waals surface area contributed by atoms with Crippen molar-refractivity contribution in [2.45, 2.75) is 0 Å². The Balaban J connectivity index is 1.88. The molecule has 0 aliphatic carbocycles. The number of benzene rings is 2. The van der Waals surface area contributed by atoms with Gasteiger partial charge in [0.15, 0.2) is 5.82 Å². The van der Waals surface area contributed by atoms with Crippen LogP contribution in [0.3, 0.4) is 0 Å². The largest absolute Gasteiger partial charge is 0.497 e. The van der Waals surface area contributed by atoms with Gasteiger partial charge in [-0.2, -0.15) is 4.68 Å². The molecular formula is C16H11Cl2N5O. The molecule has 0 aliphatic rings. The number of halogens is 2. The summed E-state index contributed by atoms with van der Waals surface area (Å²) in [4.78, 5) is 3.15. The van der Waals surface area contributed by atoms with Crippen molar-refractivity contribution in [2.75, 3.05) is 7.11 Å². The molecule has 0 radical (unpaired) electrons. The van der Waals surface area contributed by atoms with E-state index in [2.05, 4.69) is 20.5 Å². The van der Waals surface area contributed by atoms with Gasteiger partial charge in [-0.3, -0.25) is 0 Å². The van der Waals surface area contributed by atoms with Crippen LogP contribution < -0.4 is 4.74 Å². The van der Waals surface area contributed by atoms with Crippen LogP contribution in [0.4, 0.5) is 0 Å². The summed E-state index contributed by atoms with van der Waals surface area (Å²) in [6, 6.07) is 11.0. The van der Waals surface area contributed by atoms with E-state index in [1.807, 2.05) is 36.5 Å². The average molecular weight is 360 g/mol. The van der Waals surface area contributed by atoms with Gasteiger partial charge in [-0.1, -0.05) is 23.2 Å². The van der Waals surface area contributed by atoms with E-state index >= 15 is 0 Å². The van der Waals surface area contributed by atoms with Gasteiger partial charge in [0, 0.05) is 22.2 Å². The number of aromatic nitrogens is 5. The molecular weight excluding hydrogens is 349 g/mol. The first-order chi connectivity index (χ1) is 11.7. The molecule has 4 rings (SSSR count). The van der Waals surface area contributed by atoms with E-state index in [1.54, 1.807) is 17.9 Å². The lowest BCUT2D eigenvalue weighted by Crippen LogP contribution is -1.99. The Morgan fingerprint density at radius 3 is 2.67 bits per heavy atom. The van der Waals surface area contributed by atoms with Gasteiger partial charge in [-0.25, -0.2) is 0 Å². The highest BCUT2D eigenvalue weighted by Crippen LogP contribution is 2.34. The molecule has 2 aromatic carbocycles. The van der Waals surface area contributed by atoms with Crippen LogP contribution in [0, 0.1) is 0 Å². The summed E-state index contributed by atoms with van der Waals surface area (Å²) >= 11 is 12.4. The number of nitrogens with zero attached hydrogens (tertiary/aromatic N) is 4. The standard InChI is InChI=1S/C16H11Cl2N5O/c1-24-11-4-2-10(3-5-11)23-16(20-21-22-23)13-8-19-15-12(13)6-9(17)7-14(15)18/h2-8,19H,1H3. The number of tetrazole rings is 1. The number of hydrogen-bond acceptors (Lipinski definition) is 4. The van der Waals surface area contributed by atoms with Crippen molar-refractivity contribution in [1.82, 2.24) is 25.2 Å². The summed E-state index contributed by atoms with van der Waals surface area (Å²) in [5, 5.41) is 14.0. The number of ether oxygens (including phenoxy) is 1. The van der Waals surface area contributed by atoms with Crippen LogP contribution in [-0.2, 0) is 0 Å². The fourth-order valence-corrected chi connectivity index (χ4v) is 3.14. The minimum Gasteiger partial charge on any atom is -0.497 e. The van der Waals surface area contributed by atoms with E-state index in [4.69, 9.17) is 27.9 Å². The molecule has 2 heterocycles. The monoisotopic (exact) mass is 359 g/mol. The molecule has 0 saturated heterocycles. The third-order valence-electron chi connectivity index (χ3n) is 3.73. The summed E-state index contributed by atoms with van der Waals surface area (Å²) < 4.78 is 6.83. The van der Waals surface area contributed by atoms with E-state index in [-0.39, 0.29) is 0 Å². The normalized spacial score (nSPS) is 11.1.